The van der Waals surface area contributed by atoms with Crippen LogP contribution in [0.25, 0.3) is 0 Å². The minimum atomic E-state index is 0. The van der Waals surface area contributed by atoms with E-state index in [1.54, 1.807) is 12.1 Å². The summed E-state index contributed by atoms with van der Waals surface area (Å²) in [6.07, 6.45) is 0. The molecule has 0 saturated heterocycles. The quantitative estimate of drug-likeness (QED) is 0.489. The van der Waals surface area contributed by atoms with E-state index < -0.39 is 0 Å². The Kier molecular flexibility index (Phi) is 5.34. The molecule has 0 nitrogen and oxygen atoms in total. The molecular formula is C6H3BrCl2Mg. The highest BCUT2D eigenvalue weighted by molar-refractivity contribution is 9.10. The fourth-order valence-corrected chi connectivity index (χ4v) is 1.26. The fraction of sp³-hybridized carbons (Fsp3) is 0. The summed E-state index contributed by atoms with van der Waals surface area (Å²) < 4.78 is 0.942. The van der Waals surface area contributed by atoms with Gasteiger partial charge in [-0.05, 0) is 18.2 Å². The maximum Gasteiger partial charge on any atom is 0.0603 e. The normalized spacial score (nSPS) is 8.70. The second-order valence-electron chi connectivity index (χ2n) is 1.56. The van der Waals surface area contributed by atoms with E-state index in [1.165, 1.54) is 0 Å². The van der Waals surface area contributed by atoms with Crippen molar-refractivity contribution in [3.63, 3.8) is 0 Å². The van der Waals surface area contributed by atoms with Gasteiger partial charge in [-0.2, -0.15) is 0 Å². The summed E-state index contributed by atoms with van der Waals surface area (Å²) in [5.41, 5.74) is 0. The zero-order valence-electron chi connectivity index (χ0n) is 5.07. The van der Waals surface area contributed by atoms with E-state index in [0.29, 0.717) is 10.0 Å². The zero-order valence-corrected chi connectivity index (χ0v) is 9.59. The largest absolute Gasteiger partial charge is 0.0827 e. The van der Waals surface area contributed by atoms with Crippen molar-refractivity contribution < 1.29 is 0 Å². The molecule has 10 heavy (non-hydrogen) atoms. The van der Waals surface area contributed by atoms with Gasteiger partial charge in [-0.1, -0.05) is 39.1 Å². The first-order chi connectivity index (χ1) is 4.20. The standard InChI is InChI=1S/C6H3BrCl2.Mg/c7-4-1-2-5(8)6(9)3-4;/h1-3H;. The second-order valence-corrected chi connectivity index (χ2v) is 3.29. The fourth-order valence-electron chi connectivity index (χ4n) is 0.470. The topological polar surface area (TPSA) is 0 Å². The molecule has 50 valence electrons. The number of halogens is 3. The van der Waals surface area contributed by atoms with Crippen LogP contribution in [0.3, 0.4) is 0 Å². The lowest BCUT2D eigenvalue weighted by Gasteiger charge is -1.93. The average Bonchev–Trinajstić information content (AvgIpc) is 1.80. The molecule has 2 radical (unpaired) electrons. The molecule has 0 heterocycles. The van der Waals surface area contributed by atoms with Gasteiger partial charge in [-0.25, -0.2) is 0 Å². The van der Waals surface area contributed by atoms with Gasteiger partial charge < -0.3 is 0 Å². The van der Waals surface area contributed by atoms with Crippen molar-refractivity contribution in [2.45, 2.75) is 0 Å². The summed E-state index contributed by atoms with van der Waals surface area (Å²) >= 11 is 14.5. The molecule has 1 rings (SSSR count). The zero-order chi connectivity index (χ0) is 6.85. The van der Waals surface area contributed by atoms with Gasteiger partial charge in [0.15, 0.2) is 0 Å². The predicted octanol–water partition coefficient (Wildman–Crippen LogP) is 3.38. The first-order valence-corrected chi connectivity index (χ1v) is 3.85. The lowest BCUT2D eigenvalue weighted by molar-refractivity contribution is 1.65. The van der Waals surface area contributed by atoms with Crippen molar-refractivity contribution in [1.82, 2.24) is 0 Å². The van der Waals surface area contributed by atoms with Crippen molar-refractivity contribution in [3.8, 4) is 0 Å². The van der Waals surface area contributed by atoms with E-state index in [0.717, 1.165) is 4.47 Å². The minimum absolute atomic E-state index is 0. The van der Waals surface area contributed by atoms with Gasteiger partial charge >= 0.3 is 0 Å². The second kappa shape index (κ2) is 4.83. The molecule has 0 bridgehead atoms. The summed E-state index contributed by atoms with van der Waals surface area (Å²) in [5, 5.41) is 1.16. The third-order valence-corrected chi connectivity index (χ3v) is 2.11. The van der Waals surface area contributed by atoms with Crippen LogP contribution < -0.4 is 0 Å². The maximum atomic E-state index is 5.65. The van der Waals surface area contributed by atoms with E-state index in [-0.39, 0.29) is 23.1 Å². The lowest BCUT2D eigenvalue weighted by atomic mass is 10.4. The van der Waals surface area contributed by atoms with Crippen LogP contribution in [0.1, 0.15) is 0 Å². The molecule has 0 spiro atoms. The smallest absolute Gasteiger partial charge is 0.0603 e. The van der Waals surface area contributed by atoms with Gasteiger partial charge in [0.05, 0.1) is 10.0 Å². The Hall–Kier alpha value is 1.05. The predicted molar refractivity (Wildman–Crippen MR) is 49.9 cm³/mol. The van der Waals surface area contributed by atoms with Gasteiger partial charge in [0.25, 0.3) is 0 Å². The Bertz CT molecular complexity index is 227. The van der Waals surface area contributed by atoms with Crippen molar-refractivity contribution >= 4 is 62.2 Å². The van der Waals surface area contributed by atoms with Crippen molar-refractivity contribution in [1.29, 1.82) is 0 Å². The average molecular weight is 250 g/mol. The molecule has 0 aliphatic rings. The van der Waals surface area contributed by atoms with E-state index in [4.69, 9.17) is 23.2 Å². The Morgan fingerprint density at radius 2 is 1.70 bits per heavy atom. The summed E-state index contributed by atoms with van der Waals surface area (Å²) in [5.74, 6) is 0. The van der Waals surface area contributed by atoms with Crippen LogP contribution in [-0.2, 0) is 0 Å². The molecule has 0 saturated carbocycles. The molecule has 0 N–H and O–H groups in total. The molecular weight excluding hydrogens is 247 g/mol. The van der Waals surface area contributed by atoms with Crippen molar-refractivity contribution in [2.75, 3.05) is 0 Å². The molecule has 0 fully saturated rings. The van der Waals surface area contributed by atoms with Crippen LogP contribution in [0.2, 0.25) is 10.0 Å². The van der Waals surface area contributed by atoms with Gasteiger partial charge in [-0.15, -0.1) is 0 Å². The highest BCUT2D eigenvalue weighted by Gasteiger charge is 1.94. The Morgan fingerprint density at radius 3 is 2.10 bits per heavy atom. The Labute approximate surface area is 94.2 Å². The number of hydrogen-bond acceptors (Lipinski definition) is 0. The van der Waals surface area contributed by atoms with E-state index in [9.17, 15) is 0 Å². The van der Waals surface area contributed by atoms with Gasteiger partial charge in [0.1, 0.15) is 0 Å². The molecule has 0 aliphatic heterocycles. The van der Waals surface area contributed by atoms with Crippen LogP contribution in [0.5, 0.6) is 0 Å². The van der Waals surface area contributed by atoms with Crippen molar-refractivity contribution in [3.05, 3.63) is 32.7 Å². The molecule has 1 aromatic carbocycles. The Balaban J connectivity index is 0.000000810. The summed E-state index contributed by atoms with van der Waals surface area (Å²) in [7, 11) is 0. The molecule has 0 atom stereocenters. The molecule has 0 aromatic heterocycles. The van der Waals surface area contributed by atoms with Crippen LogP contribution in [-0.4, -0.2) is 23.1 Å². The van der Waals surface area contributed by atoms with E-state index >= 15 is 0 Å². The van der Waals surface area contributed by atoms with Crippen LogP contribution in [0.4, 0.5) is 0 Å². The SMILES string of the molecule is Clc1ccc(Br)cc1Cl.[Mg]. The minimum Gasteiger partial charge on any atom is -0.0827 e. The highest BCUT2D eigenvalue weighted by atomic mass is 79.9. The van der Waals surface area contributed by atoms with E-state index in [1.807, 2.05) is 6.07 Å². The summed E-state index contributed by atoms with van der Waals surface area (Å²) in [6.45, 7) is 0. The van der Waals surface area contributed by atoms with Crippen LogP contribution >= 0.6 is 39.1 Å². The molecule has 0 aliphatic carbocycles. The molecule has 0 unspecified atom stereocenters. The van der Waals surface area contributed by atoms with Crippen LogP contribution in [0, 0.1) is 0 Å². The third-order valence-electron chi connectivity index (χ3n) is 0.882. The van der Waals surface area contributed by atoms with Gasteiger partial charge in [-0.3, -0.25) is 0 Å². The summed E-state index contributed by atoms with van der Waals surface area (Å²) in [4.78, 5) is 0. The number of rotatable bonds is 0. The number of benzene rings is 1. The third kappa shape index (κ3) is 2.97. The lowest BCUT2D eigenvalue weighted by Crippen LogP contribution is -1.66. The van der Waals surface area contributed by atoms with Crippen molar-refractivity contribution in [2.24, 2.45) is 0 Å². The number of hydrogen-bond donors (Lipinski definition) is 0. The van der Waals surface area contributed by atoms with Gasteiger partial charge in [0.2, 0.25) is 0 Å². The Morgan fingerprint density at radius 1 is 1.10 bits per heavy atom. The van der Waals surface area contributed by atoms with E-state index in [2.05, 4.69) is 15.9 Å². The van der Waals surface area contributed by atoms with Crippen LogP contribution in [0.15, 0.2) is 22.7 Å². The first kappa shape index (κ1) is 11.0. The molecule has 1 aromatic rings. The molecule has 4 heteroatoms. The maximum absolute atomic E-state index is 5.65. The monoisotopic (exact) mass is 248 g/mol. The van der Waals surface area contributed by atoms with Gasteiger partial charge in [0, 0.05) is 27.5 Å². The first-order valence-electron chi connectivity index (χ1n) is 2.30. The summed E-state index contributed by atoms with van der Waals surface area (Å²) in [6, 6.07) is 5.34. The molecule has 0 amide bonds. The highest BCUT2D eigenvalue weighted by Crippen LogP contribution is 2.24.